The maximum absolute atomic E-state index is 11.6. The van der Waals surface area contributed by atoms with Gasteiger partial charge in [0, 0.05) is 24.4 Å². The first-order valence-corrected chi connectivity index (χ1v) is 6.82. The Morgan fingerprint density at radius 3 is 2.04 bits per heavy atom. The predicted octanol–water partition coefficient (Wildman–Crippen LogP) is 3.31. The highest BCUT2D eigenvalue weighted by Gasteiger charge is 2.15. The van der Waals surface area contributed by atoms with E-state index in [2.05, 4.69) is 19.7 Å². The second-order valence-electron chi connectivity index (χ2n) is 4.51. The van der Waals surface area contributed by atoms with Crippen LogP contribution in [0.25, 0.3) is 0 Å². The summed E-state index contributed by atoms with van der Waals surface area (Å²) in [4.78, 5) is 13.3. The van der Waals surface area contributed by atoms with Crippen molar-refractivity contribution in [3.8, 4) is 0 Å². The largest absolute Gasteiger partial charge is 0.500 e. The van der Waals surface area contributed by atoms with Crippen LogP contribution in [0.15, 0.2) is 72.7 Å². The Labute approximate surface area is 138 Å². The standard InChI is InChI=1S/C18H25NO4/c1-9-10-16(14(3)15(4)20)19(5)13(2)11-17(22-7)18(23-8)12-21-6/h9-12H,1-3H2,4-8H3/b16-10+,17-11+,18-12-. The summed E-state index contributed by atoms with van der Waals surface area (Å²) in [5.41, 5.74) is 1.52. The van der Waals surface area contributed by atoms with Crippen LogP contribution in [-0.2, 0) is 19.0 Å². The number of Topliss-reactive ketones (excluding diaryl/α,β-unsaturated/α-hetero) is 1. The van der Waals surface area contributed by atoms with Crippen LogP contribution in [-0.4, -0.2) is 39.1 Å². The summed E-state index contributed by atoms with van der Waals surface area (Å²) in [5, 5.41) is 0. The molecule has 0 aliphatic carbocycles. The van der Waals surface area contributed by atoms with Gasteiger partial charge in [-0.2, -0.15) is 0 Å². The summed E-state index contributed by atoms with van der Waals surface area (Å²) in [6.07, 6.45) is 6.35. The summed E-state index contributed by atoms with van der Waals surface area (Å²) in [7, 11) is 6.29. The first kappa shape index (κ1) is 20.3. The summed E-state index contributed by atoms with van der Waals surface area (Å²) in [6, 6.07) is 0. The molecule has 0 aliphatic rings. The first-order chi connectivity index (χ1) is 10.8. The number of likely N-dealkylation sites (N-methyl/N-ethyl adjacent to an activating group) is 1. The van der Waals surface area contributed by atoms with Crippen LogP contribution in [0.3, 0.4) is 0 Å². The number of nitrogens with zero attached hydrogens (tertiary/aromatic N) is 1. The van der Waals surface area contributed by atoms with Gasteiger partial charge in [0.1, 0.15) is 6.26 Å². The fourth-order valence-corrected chi connectivity index (χ4v) is 1.65. The third kappa shape index (κ3) is 5.90. The Morgan fingerprint density at radius 2 is 1.65 bits per heavy atom. The third-order valence-corrected chi connectivity index (χ3v) is 3.01. The van der Waals surface area contributed by atoms with Crippen molar-refractivity contribution in [3.05, 3.63) is 72.7 Å². The lowest BCUT2D eigenvalue weighted by molar-refractivity contribution is -0.113. The van der Waals surface area contributed by atoms with Crippen molar-refractivity contribution in [3.63, 3.8) is 0 Å². The van der Waals surface area contributed by atoms with Gasteiger partial charge in [-0.3, -0.25) is 4.79 Å². The fourth-order valence-electron chi connectivity index (χ4n) is 1.65. The molecule has 0 unspecified atom stereocenters. The van der Waals surface area contributed by atoms with E-state index < -0.39 is 0 Å². The molecule has 23 heavy (non-hydrogen) atoms. The van der Waals surface area contributed by atoms with Gasteiger partial charge in [-0.1, -0.05) is 25.8 Å². The molecule has 0 aliphatic heterocycles. The van der Waals surface area contributed by atoms with Gasteiger partial charge in [0.15, 0.2) is 17.3 Å². The van der Waals surface area contributed by atoms with Crippen molar-refractivity contribution >= 4 is 5.78 Å². The predicted molar refractivity (Wildman–Crippen MR) is 92.2 cm³/mol. The Hall–Kier alpha value is -2.69. The molecular formula is C18H25NO4. The molecule has 0 atom stereocenters. The summed E-state index contributed by atoms with van der Waals surface area (Å²) < 4.78 is 15.4. The normalized spacial score (nSPS) is 12.3. The molecule has 0 bridgehead atoms. The highest BCUT2D eigenvalue weighted by Crippen LogP contribution is 2.21. The molecule has 0 aromatic heterocycles. The van der Waals surface area contributed by atoms with Crippen LogP contribution >= 0.6 is 0 Å². The highest BCUT2D eigenvalue weighted by atomic mass is 16.5. The van der Waals surface area contributed by atoms with E-state index in [1.165, 1.54) is 34.5 Å². The molecule has 5 nitrogen and oxygen atoms in total. The van der Waals surface area contributed by atoms with Gasteiger partial charge in [0.05, 0.1) is 27.0 Å². The van der Waals surface area contributed by atoms with Gasteiger partial charge in [0.2, 0.25) is 0 Å². The number of rotatable bonds is 10. The maximum atomic E-state index is 11.6. The second kappa shape index (κ2) is 10.1. The van der Waals surface area contributed by atoms with E-state index in [9.17, 15) is 4.79 Å². The number of carbonyl (C=O) groups is 1. The molecule has 0 heterocycles. The van der Waals surface area contributed by atoms with Gasteiger partial charge < -0.3 is 19.1 Å². The zero-order valence-corrected chi connectivity index (χ0v) is 14.5. The summed E-state index contributed by atoms with van der Waals surface area (Å²) in [6.45, 7) is 12.9. The molecule has 0 aromatic carbocycles. The lowest BCUT2D eigenvalue weighted by atomic mass is 10.1. The van der Waals surface area contributed by atoms with Gasteiger partial charge in [-0.15, -0.1) is 0 Å². The molecule has 0 aromatic rings. The van der Waals surface area contributed by atoms with Crippen molar-refractivity contribution in [2.75, 3.05) is 28.4 Å². The molecule has 0 saturated heterocycles. The van der Waals surface area contributed by atoms with Gasteiger partial charge in [-0.25, -0.2) is 0 Å². The maximum Gasteiger partial charge on any atom is 0.195 e. The molecule has 0 rings (SSSR count). The van der Waals surface area contributed by atoms with Gasteiger partial charge in [0.25, 0.3) is 0 Å². The minimum atomic E-state index is -0.134. The van der Waals surface area contributed by atoms with Crippen LogP contribution in [0.5, 0.6) is 0 Å². The van der Waals surface area contributed by atoms with E-state index in [-0.39, 0.29) is 5.78 Å². The molecule has 0 radical (unpaired) electrons. The first-order valence-electron chi connectivity index (χ1n) is 6.82. The van der Waals surface area contributed by atoms with Crippen LogP contribution < -0.4 is 0 Å². The number of allylic oxidation sites excluding steroid dienone is 4. The van der Waals surface area contributed by atoms with Crippen molar-refractivity contribution in [1.29, 1.82) is 0 Å². The van der Waals surface area contributed by atoms with E-state index in [0.29, 0.717) is 28.5 Å². The lowest BCUT2D eigenvalue weighted by Crippen LogP contribution is -2.19. The van der Waals surface area contributed by atoms with Crippen molar-refractivity contribution in [1.82, 2.24) is 4.90 Å². The Balaban J connectivity index is 5.63. The molecule has 0 N–H and O–H groups in total. The molecule has 0 spiro atoms. The Kier molecular flexibility index (Phi) is 8.92. The summed E-state index contributed by atoms with van der Waals surface area (Å²) in [5.74, 6) is 0.701. The topological polar surface area (TPSA) is 48.0 Å². The fraction of sp³-hybridized carbons (Fsp3) is 0.278. The molecule has 5 heteroatoms. The van der Waals surface area contributed by atoms with Crippen LogP contribution in [0.2, 0.25) is 0 Å². The second-order valence-corrected chi connectivity index (χ2v) is 4.51. The van der Waals surface area contributed by atoms with Gasteiger partial charge in [-0.05, 0) is 13.0 Å². The molecule has 0 saturated carbocycles. The van der Waals surface area contributed by atoms with E-state index >= 15 is 0 Å². The Bertz CT molecular complexity index is 568. The minimum Gasteiger partial charge on any atom is -0.500 e. The van der Waals surface area contributed by atoms with Crippen LogP contribution in [0.1, 0.15) is 6.92 Å². The smallest absolute Gasteiger partial charge is 0.195 e. The zero-order valence-electron chi connectivity index (χ0n) is 14.5. The monoisotopic (exact) mass is 319 g/mol. The van der Waals surface area contributed by atoms with Crippen molar-refractivity contribution in [2.45, 2.75) is 6.92 Å². The quantitative estimate of drug-likeness (QED) is 0.351. The summed E-state index contributed by atoms with van der Waals surface area (Å²) >= 11 is 0. The van der Waals surface area contributed by atoms with Crippen molar-refractivity contribution < 1.29 is 19.0 Å². The number of ketones is 1. The van der Waals surface area contributed by atoms with E-state index in [1.54, 1.807) is 30.2 Å². The van der Waals surface area contributed by atoms with Crippen molar-refractivity contribution in [2.24, 2.45) is 0 Å². The average molecular weight is 319 g/mol. The number of hydrogen-bond acceptors (Lipinski definition) is 5. The molecule has 126 valence electrons. The van der Waals surface area contributed by atoms with E-state index in [4.69, 9.17) is 14.2 Å². The Morgan fingerprint density at radius 1 is 1.09 bits per heavy atom. The minimum absolute atomic E-state index is 0.134. The molecule has 0 amide bonds. The van der Waals surface area contributed by atoms with E-state index in [1.807, 2.05) is 0 Å². The van der Waals surface area contributed by atoms with Crippen LogP contribution in [0, 0.1) is 0 Å². The highest BCUT2D eigenvalue weighted by molar-refractivity contribution is 5.96. The third-order valence-electron chi connectivity index (χ3n) is 3.01. The molecule has 0 fully saturated rings. The van der Waals surface area contributed by atoms with E-state index in [0.717, 1.165) is 0 Å². The van der Waals surface area contributed by atoms with Gasteiger partial charge >= 0.3 is 0 Å². The number of carbonyl (C=O) groups excluding carboxylic acids is 1. The average Bonchev–Trinajstić information content (AvgIpc) is 2.53. The van der Waals surface area contributed by atoms with Crippen LogP contribution in [0.4, 0.5) is 0 Å². The number of ether oxygens (including phenoxy) is 3. The number of methoxy groups -OCH3 is 3. The zero-order chi connectivity index (χ0) is 18.0. The molecular weight excluding hydrogens is 294 g/mol. The number of hydrogen-bond donors (Lipinski definition) is 0. The lowest BCUT2D eigenvalue weighted by Gasteiger charge is -2.24. The SMILES string of the molecule is C=C/C=C(\C(=C)C(C)=O)N(C)C(=C)/C=C(OC)\C(=C\OC)OC.